The van der Waals surface area contributed by atoms with Gasteiger partial charge in [-0.1, -0.05) is 30.3 Å². The number of rotatable bonds is 5. The van der Waals surface area contributed by atoms with Crippen molar-refractivity contribution < 1.29 is 9.13 Å². The number of hydrogen-bond acceptors (Lipinski definition) is 3. The SMILES string of the molecule is COc1ccc(CNC(=S)N/N=C\c2ccccc2F)cc1. The molecule has 2 aromatic carbocycles. The molecule has 0 radical (unpaired) electrons. The van der Waals surface area contributed by atoms with Gasteiger partial charge in [-0.25, -0.2) is 4.39 Å². The van der Waals surface area contributed by atoms with E-state index < -0.39 is 0 Å². The highest BCUT2D eigenvalue weighted by atomic mass is 32.1. The van der Waals surface area contributed by atoms with Crippen molar-refractivity contribution >= 4 is 23.5 Å². The predicted octanol–water partition coefficient (Wildman–Crippen LogP) is 2.83. The Morgan fingerprint density at radius 1 is 1.23 bits per heavy atom. The molecule has 22 heavy (non-hydrogen) atoms. The molecule has 2 N–H and O–H groups in total. The van der Waals surface area contributed by atoms with Gasteiger partial charge in [0.1, 0.15) is 11.6 Å². The van der Waals surface area contributed by atoms with Crippen LogP contribution in [0.25, 0.3) is 0 Å². The van der Waals surface area contributed by atoms with Gasteiger partial charge >= 0.3 is 0 Å². The molecule has 114 valence electrons. The van der Waals surface area contributed by atoms with Crippen LogP contribution in [0.5, 0.6) is 5.75 Å². The molecule has 0 unspecified atom stereocenters. The zero-order chi connectivity index (χ0) is 15.8. The largest absolute Gasteiger partial charge is 0.497 e. The molecule has 0 aromatic heterocycles. The summed E-state index contributed by atoms with van der Waals surface area (Å²) in [4.78, 5) is 0. The second-order valence-corrected chi connectivity index (χ2v) is 4.83. The first kappa shape index (κ1) is 15.9. The van der Waals surface area contributed by atoms with Gasteiger partial charge in [-0.15, -0.1) is 0 Å². The van der Waals surface area contributed by atoms with Crippen LogP contribution in [0.3, 0.4) is 0 Å². The molecule has 0 spiro atoms. The van der Waals surface area contributed by atoms with Gasteiger partial charge in [0, 0.05) is 12.1 Å². The van der Waals surface area contributed by atoms with Gasteiger partial charge in [-0.2, -0.15) is 5.10 Å². The van der Waals surface area contributed by atoms with Crippen LogP contribution in [0.2, 0.25) is 0 Å². The summed E-state index contributed by atoms with van der Waals surface area (Å²) in [5, 5.41) is 7.28. The third-order valence-corrected chi connectivity index (χ3v) is 3.12. The normalized spacial score (nSPS) is 10.5. The van der Waals surface area contributed by atoms with Gasteiger partial charge in [0.15, 0.2) is 5.11 Å². The van der Waals surface area contributed by atoms with E-state index in [0.29, 0.717) is 17.2 Å². The van der Waals surface area contributed by atoms with Crippen LogP contribution >= 0.6 is 12.2 Å². The zero-order valence-electron chi connectivity index (χ0n) is 12.0. The number of benzene rings is 2. The quantitative estimate of drug-likeness (QED) is 0.506. The van der Waals surface area contributed by atoms with Crippen molar-refractivity contribution in [2.24, 2.45) is 5.10 Å². The first-order valence-corrected chi connectivity index (χ1v) is 7.04. The summed E-state index contributed by atoms with van der Waals surface area (Å²) >= 11 is 5.10. The highest BCUT2D eigenvalue weighted by molar-refractivity contribution is 7.80. The fraction of sp³-hybridized carbons (Fsp3) is 0.125. The Kier molecular flexibility index (Phi) is 5.85. The van der Waals surface area contributed by atoms with Crippen LogP contribution in [0.1, 0.15) is 11.1 Å². The topological polar surface area (TPSA) is 45.6 Å². The molecule has 0 aliphatic carbocycles. The molecule has 0 saturated carbocycles. The van der Waals surface area contributed by atoms with Crippen LogP contribution in [0.15, 0.2) is 53.6 Å². The van der Waals surface area contributed by atoms with Gasteiger partial charge in [0.25, 0.3) is 0 Å². The number of methoxy groups -OCH3 is 1. The Hall–Kier alpha value is -2.47. The molecule has 4 nitrogen and oxygen atoms in total. The fourth-order valence-electron chi connectivity index (χ4n) is 1.71. The van der Waals surface area contributed by atoms with Crippen molar-refractivity contribution in [1.82, 2.24) is 10.7 Å². The maximum absolute atomic E-state index is 13.4. The molecule has 0 amide bonds. The monoisotopic (exact) mass is 317 g/mol. The Balaban J connectivity index is 1.79. The van der Waals surface area contributed by atoms with Crippen molar-refractivity contribution in [3.63, 3.8) is 0 Å². The van der Waals surface area contributed by atoms with Crippen molar-refractivity contribution in [2.45, 2.75) is 6.54 Å². The van der Waals surface area contributed by atoms with E-state index in [1.54, 1.807) is 25.3 Å². The van der Waals surface area contributed by atoms with Gasteiger partial charge in [-0.3, -0.25) is 5.43 Å². The molecular weight excluding hydrogens is 301 g/mol. The molecule has 0 aliphatic heterocycles. The summed E-state index contributed by atoms with van der Waals surface area (Å²) in [5.74, 6) is 0.476. The van der Waals surface area contributed by atoms with Crippen LogP contribution in [0.4, 0.5) is 4.39 Å². The molecule has 0 aliphatic rings. The van der Waals surface area contributed by atoms with Gasteiger partial charge in [0.05, 0.1) is 13.3 Å². The van der Waals surface area contributed by atoms with Gasteiger partial charge in [0.2, 0.25) is 0 Å². The van der Waals surface area contributed by atoms with E-state index in [1.165, 1.54) is 12.3 Å². The van der Waals surface area contributed by atoms with E-state index in [1.807, 2.05) is 24.3 Å². The number of halogens is 1. The molecule has 0 heterocycles. The average Bonchev–Trinajstić information content (AvgIpc) is 2.55. The van der Waals surface area contributed by atoms with E-state index in [0.717, 1.165) is 11.3 Å². The van der Waals surface area contributed by atoms with Crippen LogP contribution in [0, 0.1) is 5.82 Å². The number of thiocarbonyl (C=S) groups is 1. The summed E-state index contributed by atoms with van der Waals surface area (Å²) in [6.45, 7) is 0.561. The third-order valence-electron chi connectivity index (χ3n) is 2.89. The average molecular weight is 317 g/mol. The minimum Gasteiger partial charge on any atom is -0.497 e. The van der Waals surface area contributed by atoms with Crippen LogP contribution in [-0.4, -0.2) is 18.4 Å². The molecule has 0 atom stereocenters. The summed E-state index contributed by atoms with van der Waals surface area (Å²) in [5.41, 5.74) is 4.10. The number of hydrazone groups is 1. The van der Waals surface area contributed by atoms with E-state index in [2.05, 4.69) is 15.8 Å². The van der Waals surface area contributed by atoms with E-state index in [9.17, 15) is 4.39 Å². The Morgan fingerprint density at radius 3 is 2.64 bits per heavy atom. The lowest BCUT2D eigenvalue weighted by Gasteiger charge is -2.07. The predicted molar refractivity (Wildman–Crippen MR) is 89.6 cm³/mol. The Labute approximate surface area is 134 Å². The molecule has 0 fully saturated rings. The smallest absolute Gasteiger partial charge is 0.187 e. The van der Waals surface area contributed by atoms with Crippen LogP contribution < -0.4 is 15.5 Å². The highest BCUT2D eigenvalue weighted by Crippen LogP contribution is 2.10. The minimum atomic E-state index is -0.329. The lowest BCUT2D eigenvalue weighted by Crippen LogP contribution is -2.31. The number of hydrogen-bond donors (Lipinski definition) is 2. The lowest BCUT2D eigenvalue weighted by atomic mass is 10.2. The highest BCUT2D eigenvalue weighted by Gasteiger charge is 1.98. The second kappa shape index (κ2) is 8.09. The Bertz CT molecular complexity index is 659. The standard InChI is InChI=1S/C16H16FN3OS/c1-21-14-8-6-12(7-9-14)10-18-16(22)20-19-11-13-4-2-3-5-15(13)17/h2-9,11H,10H2,1H3,(H2,18,20,22)/b19-11-. The maximum atomic E-state index is 13.4. The van der Waals surface area contributed by atoms with Crippen LogP contribution in [-0.2, 0) is 6.54 Å². The van der Waals surface area contributed by atoms with Crippen molar-refractivity contribution in [3.05, 3.63) is 65.5 Å². The summed E-state index contributed by atoms with van der Waals surface area (Å²) in [6.07, 6.45) is 1.39. The number of nitrogens with zero attached hydrogens (tertiary/aromatic N) is 1. The zero-order valence-corrected chi connectivity index (χ0v) is 12.9. The molecule has 2 aromatic rings. The van der Waals surface area contributed by atoms with Crippen molar-refractivity contribution in [1.29, 1.82) is 0 Å². The molecule has 0 saturated heterocycles. The second-order valence-electron chi connectivity index (χ2n) is 4.42. The first-order valence-electron chi connectivity index (χ1n) is 6.63. The van der Waals surface area contributed by atoms with Crippen molar-refractivity contribution in [3.8, 4) is 5.75 Å². The molecule has 2 rings (SSSR count). The Morgan fingerprint density at radius 2 is 1.95 bits per heavy atom. The van der Waals surface area contributed by atoms with Gasteiger partial charge in [-0.05, 0) is 36.0 Å². The fourth-order valence-corrected chi connectivity index (χ4v) is 1.83. The number of ether oxygens (including phenoxy) is 1. The maximum Gasteiger partial charge on any atom is 0.187 e. The molecule has 6 heteroatoms. The van der Waals surface area contributed by atoms with E-state index in [4.69, 9.17) is 17.0 Å². The number of nitrogens with one attached hydrogen (secondary N) is 2. The molecule has 0 bridgehead atoms. The summed E-state index contributed by atoms with van der Waals surface area (Å²) in [6, 6.07) is 14.0. The lowest BCUT2D eigenvalue weighted by molar-refractivity contribution is 0.414. The third kappa shape index (κ3) is 4.82. The molecular formula is C16H16FN3OS. The summed E-state index contributed by atoms with van der Waals surface area (Å²) < 4.78 is 18.5. The first-order chi connectivity index (χ1) is 10.7. The van der Waals surface area contributed by atoms with E-state index >= 15 is 0 Å². The minimum absolute atomic E-state index is 0.329. The summed E-state index contributed by atoms with van der Waals surface area (Å²) in [7, 11) is 1.62. The van der Waals surface area contributed by atoms with Crippen molar-refractivity contribution in [2.75, 3.05) is 7.11 Å². The van der Waals surface area contributed by atoms with Gasteiger partial charge < -0.3 is 10.1 Å². The van der Waals surface area contributed by atoms with E-state index in [-0.39, 0.29) is 5.82 Å².